The first-order valence-electron chi connectivity index (χ1n) is 5.56. The molecule has 0 aromatic rings. The highest BCUT2D eigenvalue weighted by Crippen LogP contribution is 2.08. The van der Waals surface area contributed by atoms with Crippen molar-refractivity contribution in [1.82, 2.24) is 5.32 Å². The number of hydrogen-bond donors (Lipinski definition) is 2. The van der Waals surface area contributed by atoms with Crippen molar-refractivity contribution in [2.45, 2.75) is 26.7 Å². The Labute approximate surface area is 92.1 Å². The molecular formula is C11H27NOS. The molecule has 0 atom stereocenters. The predicted octanol–water partition coefficient (Wildman–Crippen LogP) is 2.25. The van der Waals surface area contributed by atoms with E-state index in [1.165, 1.54) is 12.8 Å². The second-order valence-electron chi connectivity index (χ2n) is 4.39. The quantitative estimate of drug-likeness (QED) is 0.460. The average Bonchev–Trinajstić information content (AvgIpc) is 2.08. The summed E-state index contributed by atoms with van der Waals surface area (Å²) in [5, 5.41) is 3.39. The van der Waals surface area contributed by atoms with Crippen LogP contribution in [0.4, 0.5) is 0 Å². The molecule has 0 aliphatic carbocycles. The summed E-state index contributed by atoms with van der Waals surface area (Å²) in [5.74, 6) is 1.96. The molecule has 0 aliphatic rings. The van der Waals surface area contributed by atoms with Crippen LogP contribution in [0.1, 0.15) is 26.7 Å². The summed E-state index contributed by atoms with van der Waals surface area (Å²) in [5.41, 5.74) is 0. The summed E-state index contributed by atoms with van der Waals surface area (Å²) in [6.45, 7) is 7.30. The number of nitrogens with one attached hydrogen (secondary N) is 1. The number of hydrogen-bond acceptors (Lipinski definition) is 2. The Morgan fingerprint density at radius 1 is 1.21 bits per heavy atom. The van der Waals surface area contributed by atoms with Crippen LogP contribution in [-0.2, 0) is 4.74 Å². The molecule has 0 fully saturated rings. The van der Waals surface area contributed by atoms with Crippen LogP contribution in [0.25, 0.3) is 0 Å². The molecule has 0 heterocycles. The van der Waals surface area contributed by atoms with Gasteiger partial charge in [0.05, 0.1) is 6.61 Å². The Bertz CT molecular complexity index is 104. The summed E-state index contributed by atoms with van der Waals surface area (Å²) < 4.78 is 5.51. The summed E-state index contributed by atoms with van der Waals surface area (Å²) in [6.07, 6.45) is 7.05. The van der Waals surface area contributed by atoms with Crippen LogP contribution in [-0.4, -0.2) is 38.1 Å². The first-order valence-corrected chi connectivity index (χ1v) is 7.98. The molecule has 1 N–H and O–H groups in total. The van der Waals surface area contributed by atoms with Gasteiger partial charge in [-0.3, -0.25) is 0 Å². The molecule has 0 aromatic heterocycles. The molecule has 0 amide bonds. The van der Waals surface area contributed by atoms with Crippen LogP contribution >= 0.6 is 10.9 Å². The zero-order valence-corrected chi connectivity index (χ0v) is 11.1. The predicted molar refractivity (Wildman–Crippen MR) is 68.6 cm³/mol. The lowest BCUT2D eigenvalue weighted by Crippen LogP contribution is -2.20. The van der Waals surface area contributed by atoms with Gasteiger partial charge in [-0.15, -0.1) is 0 Å². The average molecular weight is 221 g/mol. The molecule has 0 saturated carbocycles. The van der Waals surface area contributed by atoms with Crippen molar-refractivity contribution in [3.63, 3.8) is 0 Å². The largest absolute Gasteiger partial charge is 0.380 e. The SMILES string of the molecule is CC(C)CCCOCCNC[SH](C)C. The molecular weight excluding hydrogens is 194 g/mol. The van der Waals surface area contributed by atoms with Crippen LogP contribution in [0.2, 0.25) is 0 Å². The first kappa shape index (κ1) is 14.3. The van der Waals surface area contributed by atoms with E-state index in [1.54, 1.807) is 0 Å². The highest BCUT2D eigenvalue weighted by atomic mass is 32.2. The summed E-state index contributed by atoms with van der Waals surface area (Å²) in [6, 6.07) is 0. The van der Waals surface area contributed by atoms with Gasteiger partial charge < -0.3 is 10.1 Å². The topological polar surface area (TPSA) is 21.3 Å². The molecule has 0 spiro atoms. The van der Waals surface area contributed by atoms with Gasteiger partial charge in [-0.1, -0.05) is 13.8 Å². The molecule has 0 aromatic carbocycles. The van der Waals surface area contributed by atoms with E-state index in [4.69, 9.17) is 4.74 Å². The maximum atomic E-state index is 5.51. The maximum Gasteiger partial charge on any atom is 0.0591 e. The summed E-state index contributed by atoms with van der Waals surface area (Å²) in [4.78, 5) is 0. The number of ether oxygens (including phenoxy) is 1. The van der Waals surface area contributed by atoms with Crippen molar-refractivity contribution in [3.8, 4) is 0 Å². The highest BCUT2D eigenvalue weighted by molar-refractivity contribution is 8.15. The van der Waals surface area contributed by atoms with Crippen molar-refractivity contribution in [2.75, 3.05) is 38.1 Å². The third-order valence-electron chi connectivity index (χ3n) is 1.92. The van der Waals surface area contributed by atoms with Gasteiger partial charge in [0.15, 0.2) is 0 Å². The number of thiol groups is 1. The van der Waals surface area contributed by atoms with Crippen molar-refractivity contribution in [1.29, 1.82) is 0 Å². The molecule has 0 radical (unpaired) electrons. The van der Waals surface area contributed by atoms with Crippen LogP contribution < -0.4 is 5.32 Å². The second-order valence-corrected chi connectivity index (χ2v) is 6.86. The molecule has 0 bridgehead atoms. The van der Waals surface area contributed by atoms with Gasteiger partial charge in [-0.2, -0.15) is 0 Å². The Morgan fingerprint density at radius 3 is 2.50 bits per heavy atom. The molecule has 0 rings (SSSR count). The van der Waals surface area contributed by atoms with Gasteiger partial charge in [0, 0.05) is 19.0 Å². The third kappa shape index (κ3) is 12.3. The fourth-order valence-electron chi connectivity index (χ4n) is 1.14. The highest BCUT2D eigenvalue weighted by Gasteiger charge is 1.94. The minimum Gasteiger partial charge on any atom is -0.380 e. The summed E-state index contributed by atoms with van der Waals surface area (Å²) in [7, 11) is 0.197. The minimum atomic E-state index is 0.197. The van der Waals surface area contributed by atoms with E-state index in [9.17, 15) is 0 Å². The smallest absolute Gasteiger partial charge is 0.0591 e. The van der Waals surface area contributed by atoms with Gasteiger partial charge in [-0.05, 0) is 31.3 Å². The van der Waals surface area contributed by atoms with Crippen LogP contribution in [0, 0.1) is 5.92 Å². The van der Waals surface area contributed by atoms with E-state index in [2.05, 4.69) is 31.7 Å². The van der Waals surface area contributed by atoms with E-state index < -0.39 is 0 Å². The van der Waals surface area contributed by atoms with Crippen LogP contribution in [0.15, 0.2) is 0 Å². The molecule has 14 heavy (non-hydrogen) atoms. The Balaban J connectivity index is 2.92. The van der Waals surface area contributed by atoms with Gasteiger partial charge in [-0.25, -0.2) is 10.9 Å². The van der Waals surface area contributed by atoms with Crippen molar-refractivity contribution in [3.05, 3.63) is 0 Å². The van der Waals surface area contributed by atoms with Gasteiger partial charge in [0.25, 0.3) is 0 Å². The van der Waals surface area contributed by atoms with Crippen molar-refractivity contribution in [2.24, 2.45) is 5.92 Å². The van der Waals surface area contributed by atoms with Gasteiger partial charge >= 0.3 is 0 Å². The zero-order valence-electron chi connectivity index (χ0n) is 10.2. The zero-order chi connectivity index (χ0) is 10.8. The lowest BCUT2D eigenvalue weighted by molar-refractivity contribution is 0.130. The van der Waals surface area contributed by atoms with E-state index in [1.807, 2.05) is 0 Å². The molecule has 88 valence electrons. The summed E-state index contributed by atoms with van der Waals surface area (Å²) >= 11 is 0. The lowest BCUT2D eigenvalue weighted by Gasteiger charge is -2.10. The Morgan fingerprint density at radius 2 is 1.93 bits per heavy atom. The van der Waals surface area contributed by atoms with Crippen LogP contribution in [0.3, 0.4) is 0 Å². The fraction of sp³-hybridized carbons (Fsp3) is 1.00. The lowest BCUT2D eigenvalue weighted by atomic mass is 10.1. The van der Waals surface area contributed by atoms with E-state index >= 15 is 0 Å². The van der Waals surface area contributed by atoms with Crippen molar-refractivity contribution < 1.29 is 4.74 Å². The van der Waals surface area contributed by atoms with Gasteiger partial charge in [0.2, 0.25) is 0 Å². The van der Waals surface area contributed by atoms with E-state index in [0.29, 0.717) is 0 Å². The molecule has 2 nitrogen and oxygen atoms in total. The second kappa shape index (κ2) is 9.81. The van der Waals surface area contributed by atoms with E-state index in [-0.39, 0.29) is 10.9 Å². The first-order chi connectivity index (χ1) is 6.63. The van der Waals surface area contributed by atoms with E-state index in [0.717, 1.165) is 31.6 Å². The standard InChI is InChI=1S/C11H27NOS/c1-11(2)6-5-8-13-9-7-12-10-14(3)4/h11-12,14H,5-10H2,1-4H3. The normalized spacial score (nSPS) is 12.2. The molecule has 0 aliphatic heterocycles. The van der Waals surface area contributed by atoms with Crippen molar-refractivity contribution >= 4 is 10.9 Å². The number of rotatable bonds is 9. The molecule has 0 saturated heterocycles. The van der Waals surface area contributed by atoms with Gasteiger partial charge in [0.1, 0.15) is 0 Å². The van der Waals surface area contributed by atoms with Crippen LogP contribution in [0.5, 0.6) is 0 Å². The maximum absolute atomic E-state index is 5.51. The molecule has 3 heteroatoms. The monoisotopic (exact) mass is 221 g/mol. The Kier molecular flexibility index (Phi) is 10.0. The molecule has 0 unspecified atom stereocenters. The Hall–Kier alpha value is 0.270. The minimum absolute atomic E-state index is 0.197. The third-order valence-corrected chi connectivity index (χ3v) is 2.78. The fourth-order valence-corrected chi connectivity index (χ4v) is 1.75.